The summed E-state index contributed by atoms with van der Waals surface area (Å²) in [5.74, 6) is -0.335. The van der Waals surface area contributed by atoms with Gasteiger partial charge in [0, 0.05) is 25.8 Å². The predicted molar refractivity (Wildman–Crippen MR) is 59.3 cm³/mol. The van der Waals surface area contributed by atoms with Gasteiger partial charge in [-0.15, -0.1) is 0 Å². The molecule has 0 fully saturated rings. The third kappa shape index (κ3) is 3.97. The summed E-state index contributed by atoms with van der Waals surface area (Å²) in [6.07, 6.45) is 0.897. The van der Waals surface area contributed by atoms with Crippen LogP contribution < -0.4 is 5.32 Å². The summed E-state index contributed by atoms with van der Waals surface area (Å²) >= 11 is 0. The molecule has 1 N–H and O–H groups in total. The molecule has 0 aliphatic rings. The molecule has 1 aromatic rings. The summed E-state index contributed by atoms with van der Waals surface area (Å²) < 4.78 is 18.3. The molecule has 0 aliphatic heterocycles. The van der Waals surface area contributed by atoms with Crippen molar-refractivity contribution in [3.63, 3.8) is 0 Å². The molecular weight excluding hydrogens is 207 g/mol. The topological polar surface area (TPSA) is 45.0 Å². The summed E-state index contributed by atoms with van der Waals surface area (Å²) in [6.45, 7) is 1.96. The van der Waals surface area contributed by atoms with Crippen molar-refractivity contribution in [3.8, 4) is 6.07 Å². The van der Waals surface area contributed by atoms with Gasteiger partial charge in [-0.1, -0.05) is 6.07 Å². The molecule has 0 atom stereocenters. The lowest BCUT2D eigenvalue weighted by atomic mass is 10.1. The number of ether oxygens (including phenoxy) is 1. The smallest absolute Gasteiger partial charge is 0.129 e. The predicted octanol–water partition coefficient (Wildman–Crippen LogP) is 1.82. The van der Waals surface area contributed by atoms with Crippen molar-refractivity contribution >= 4 is 0 Å². The summed E-state index contributed by atoms with van der Waals surface area (Å²) in [4.78, 5) is 0. The minimum atomic E-state index is -0.335. The summed E-state index contributed by atoms with van der Waals surface area (Å²) in [7, 11) is 1.65. The van der Waals surface area contributed by atoms with Gasteiger partial charge in [-0.2, -0.15) is 5.26 Å². The molecule has 0 radical (unpaired) electrons. The van der Waals surface area contributed by atoms with Crippen LogP contribution in [0.4, 0.5) is 4.39 Å². The fourth-order valence-corrected chi connectivity index (χ4v) is 1.32. The standard InChI is InChI=1S/C12H15FN2O/c1-16-6-2-5-15-9-11-4-3-10(8-14)7-12(11)13/h3-4,7,15H,2,5-6,9H2,1H3. The van der Waals surface area contributed by atoms with Crippen molar-refractivity contribution in [2.75, 3.05) is 20.3 Å². The Kier molecular flexibility index (Phi) is 5.48. The van der Waals surface area contributed by atoms with E-state index in [1.54, 1.807) is 19.2 Å². The van der Waals surface area contributed by atoms with Crippen LogP contribution in [0.2, 0.25) is 0 Å². The molecule has 0 aromatic heterocycles. The molecule has 0 unspecified atom stereocenters. The highest BCUT2D eigenvalue weighted by molar-refractivity contribution is 5.32. The van der Waals surface area contributed by atoms with Gasteiger partial charge >= 0.3 is 0 Å². The van der Waals surface area contributed by atoms with Gasteiger partial charge in [0.2, 0.25) is 0 Å². The number of rotatable bonds is 6. The zero-order chi connectivity index (χ0) is 11.8. The van der Waals surface area contributed by atoms with Crippen LogP contribution in [0.3, 0.4) is 0 Å². The van der Waals surface area contributed by atoms with Crippen molar-refractivity contribution in [2.24, 2.45) is 0 Å². The van der Waals surface area contributed by atoms with Crippen molar-refractivity contribution < 1.29 is 9.13 Å². The Morgan fingerprint density at radius 2 is 2.31 bits per heavy atom. The van der Waals surface area contributed by atoms with Gasteiger partial charge in [0.25, 0.3) is 0 Å². The van der Waals surface area contributed by atoms with Crippen LogP contribution in [-0.2, 0) is 11.3 Å². The summed E-state index contributed by atoms with van der Waals surface area (Å²) in [5.41, 5.74) is 0.928. The Bertz CT molecular complexity index is 374. The summed E-state index contributed by atoms with van der Waals surface area (Å²) in [5, 5.41) is 11.7. The van der Waals surface area contributed by atoms with E-state index in [1.807, 2.05) is 6.07 Å². The molecule has 4 heteroatoms. The average molecular weight is 222 g/mol. The Morgan fingerprint density at radius 3 is 2.94 bits per heavy atom. The second-order valence-corrected chi connectivity index (χ2v) is 3.44. The van der Waals surface area contributed by atoms with Gasteiger partial charge < -0.3 is 10.1 Å². The molecule has 1 rings (SSSR count). The van der Waals surface area contributed by atoms with E-state index in [4.69, 9.17) is 10.00 Å². The van der Waals surface area contributed by atoms with E-state index in [2.05, 4.69) is 5.32 Å². The summed E-state index contributed by atoms with van der Waals surface area (Å²) in [6, 6.07) is 6.41. The van der Waals surface area contributed by atoms with Gasteiger partial charge in [-0.3, -0.25) is 0 Å². The van der Waals surface area contributed by atoms with Gasteiger partial charge in [0.1, 0.15) is 5.82 Å². The van der Waals surface area contributed by atoms with Crippen molar-refractivity contribution in [1.82, 2.24) is 5.32 Å². The second kappa shape index (κ2) is 6.94. The van der Waals surface area contributed by atoms with Crippen LogP contribution in [0.5, 0.6) is 0 Å². The van der Waals surface area contributed by atoms with E-state index >= 15 is 0 Å². The SMILES string of the molecule is COCCCNCc1ccc(C#N)cc1F. The van der Waals surface area contributed by atoms with E-state index in [9.17, 15) is 4.39 Å². The highest BCUT2D eigenvalue weighted by atomic mass is 19.1. The van der Waals surface area contributed by atoms with Gasteiger partial charge in [-0.05, 0) is 25.1 Å². The lowest BCUT2D eigenvalue weighted by Gasteiger charge is -2.05. The molecule has 0 amide bonds. The fraction of sp³-hybridized carbons (Fsp3) is 0.417. The first kappa shape index (κ1) is 12.6. The van der Waals surface area contributed by atoms with Crippen molar-refractivity contribution in [2.45, 2.75) is 13.0 Å². The number of hydrogen-bond donors (Lipinski definition) is 1. The number of benzene rings is 1. The Labute approximate surface area is 94.8 Å². The van der Waals surface area contributed by atoms with Crippen LogP contribution in [0, 0.1) is 17.1 Å². The first-order valence-electron chi connectivity index (χ1n) is 5.16. The molecule has 16 heavy (non-hydrogen) atoms. The molecule has 0 spiro atoms. The normalized spacial score (nSPS) is 10.1. The second-order valence-electron chi connectivity index (χ2n) is 3.44. The molecule has 0 aliphatic carbocycles. The number of nitrogens with zero attached hydrogens (tertiary/aromatic N) is 1. The highest BCUT2D eigenvalue weighted by Crippen LogP contribution is 2.09. The van der Waals surface area contributed by atoms with Crippen LogP contribution in [0.1, 0.15) is 17.5 Å². The van der Waals surface area contributed by atoms with Gasteiger partial charge in [0.15, 0.2) is 0 Å². The third-order valence-corrected chi connectivity index (χ3v) is 2.20. The third-order valence-electron chi connectivity index (χ3n) is 2.20. The van der Waals surface area contributed by atoms with Crippen molar-refractivity contribution in [1.29, 1.82) is 5.26 Å². The minimum absolute atomic E-state index is 0.335. The molecule has 0 saturated carbocycles. The maximum Gasteiger partial charge on any atom is 0.129 e. The first-order valence-corrected chi connectivity index (χ1v) is 5.16. The van der Waals surface area contributed by atoms with E-state index in [0.717, 1.165) is 13.0 Å². The quantitative estimate of drug-likeness (QED) is 0.747. The average Bonchev–Trinajstić information content (AvgIpc) is 2.30. The number of halogens is 1. The molecule has 3 nitrogen and oxygen atoms in total. The number of methoxy groups -OCH3 is 1. The number of hydrogen-bond acceptors (Lipinski definition) is 3. The Morgan fingerprint density at radius 1 is 1.50 bits per heavy atom. The zero-order valence-corrected chi connectivity index (χ0v) is 9.29. The van der Waals surface area contributed by atoms with E-state index in [0.29, 0.717) is 24.3 Å². The molecule has 0 saturated heterocycles. The van der Waals surface area contributed by atoms with Crippen LogP contribution in [0.15, 0.2) is 18.2 Å². The van der Waals surface area contributed by atoms with E-state index < -0.39 is 0 Å². The lowest BCUT2D eigenvalue weighted by Crippen LogP contribution is -2.16. The van der Waals surface area contributed by atoms with Gasteiger partial charge in [0.05, 0.1) is 11.6 Å². The van der Waals surface area contributed by atoms with E-state index in [-0.39, 0.29) is 5.82 Å². The Hall–Kier alpha value is -1.44. The van der Waals surface area contributed by atoms with Crippen molar-refractivity contribution in [3.05, 3.63) is 35.1 Å². The van der Waals surface area contributed by atoms with Crippen LogP contribution in [-0.4, -0.2) is 20.3 Å². The van der Waals surface area contributed by atoms with Crippen LogP contribution >= 0.6 is 0 Å². The molecule has 0 bridgehead atoms. The minimum Gasteiger partial charge on any atom is -0.385 e. The van der Waals surface area contributed by atoms with E-state index in [1.165, 1.54) is 6.07 Å². The highest BCUT2D eigenvalue weighted by Gasteiger charge is 2.02. The molecule has 86 valence electrons. The number of nitrogens with one attached hydrogen (secondary N) is 1. The number of nitriles is 1. The van der Waals surface area contributed by atoms with Crippen LogP contribution in [0.25, 0.3) is 0 Å². The zero-order valence-electron chi connectivity index (χ0n) is 9.29. The fourth-order valence-electron chi connectivity index (χ4n) is 1.32. The first-order chi connectivity index (χ1) is 7.77. The maximum atomic E-state index is 13.4. The van der Waals surface area contributed by atoms with Gasteiger partial charge in [-0.25, -0.2) is 4.39 Å². The monoisotopic (exact) mass is 222 g/mol. The maximum absolute atomic E-state index is 13.4. The molecule has 0 heterocycles. The Balaban J connectivity index is 2.40. The lowest BCUT2D eigenvalue weighted by molar-refractivity contribution is 0.194. The molecular formula is C12H15FN2O. The molecule has 1 aromatic carbocycles. The largest absolute Gasteiger partial charge is 0.385 e.